The SMILES string of the molecule is CCOC(CC(C)C)OC. The third-order valence-corrected chi connectivity index (χ3v) is 1.28. The van der Waals surface area contributed by atoms with Crippen LogP contribution >= 0.6 is 0 Å². The molecule has 1 unspecified atom stereocenters. The summed E-state index contributed by atoms with van der Waals surface area (Å²) >= 11 is 0. The molecule has 62 valence electrons. The summed E-state index contributed by atoms with van der Waals surface area (Å²) in [4.78, 5) is 0. The van der Waals surface area contributed by atoms with Crippen molar-refractivity contribution >= 4 is 0 Å². The Labute approximate surface area is 63.5 Å². The van der Waals surface area contributed by atoms with E-state index in [1.807, 2.05) is 6.92 Å². The predicted molar refractivity (Wildman–Crippen MR) is 41.9 cm³/mol. The topological polar surface area (TPSA) is 18.5 Å². The third-order valence-electron chi connectivity index (χ3n) is 1.28. The molecule has 0 aromatic carbocycles. The van der Waals surface area contributed by atoms with E-state index < -0.39 is 0 Å². The highest BCUT2D eigenvalue weighted by Gasteiger charge is 2.07. The summed E-state index contributed by atoms with van der Waals surface area (Å²) in [6.45, 7) is 7.02. The zero-order valence-corrected chi connectivity index (χ0v) is 7.39. The van der Waals surface area contributed by atoms with Crippen molar-refractivity contribution in [1.82, 2.24) is 0 Å². The van der Waals surface area contributed by atoms with Gasteiger partial charge in [-0.2, -0.15) is 0 Å². The maximum absolute atomic E-state index is 5.28. The number of ether oxygens (including phenoxy) is 2. The molecular weight excluding hydrogens is 128 g/mol. The van der Waals surface area contributed by atoms with Crippen LogP contribution in [0.15, 0.2) is 0 Å². The van der Waals surface area contributed by atoms with Crippen molar-refractivity contribution in [3.63, 3.8) is 0 Å². The molecule has 0 aliphatic heterocycles. The van der Waals surface area contributed by atoms with Gasteiger partial charge in [-0.1, -0.05) is 13.8 Å². The molecule has 2 heteroatoms. The summed E-state index contributed by atoms with van der Waals surface area (Å²) in [5.74, 6) is 0.636. The number of hydrogen-bond acceptors (Lipinski definition) is 2. The fourth-order valence-electron chi connectivity index (χ4n) is 0.803. The number of rotatable bonds is 5. The van der Waals surface area contributed by atoms with Crippen LogP contribution in [0.25, 0.3) is 0 Å². The van der Waals surface area contributed by atoms with Gasteiger partial charge in [0.2, 0.25) is 0 Å². The van der Waals surface area contributed by atoms with Gasteiger partial charge in [0.15, 0.2) is 6.29 Å². The minimum absolute atomic E-state index is 0.00926. The molecule has 0 heterocycles. The Morgan fingerprint density at radius 3 is 2.20 bits per heavy atom. The van der Waals surface area contributed by atoms with Gasteiger partial charge in [-0.15, -0.1) is 0 Å². The monoisotopic (exact) mass is 146 g/mol. The summed E-state index contributed by atoms with van der Waals surface area (Å²) < 4.78 is 10.4. The van der Waals surface area contributed by atoms with Crippen molar-refractivity contribution in [3.05, 3.63) is 0 Å². The Bertz CT molecular complexity index is 71.7. The van der Waals surface area contributed by atoms with E-state index in [1.165, 1.54) is 0 Å². The molecule has 0 radical (unpaired) electrons. The lowest BCUT2D eigenvalue weighted by molar-refractivity contribution is -0.129. The Morgan fingerprint density at radius 1 is 1.30 bits per heavy atom. The summed E-state index contributed by atoms with van der Waals surface area (Å²) in [7, 11) is 1.68. The smallest absolute Gasteiger partial charge is 0.157 e. The summed E-state index contributed by atoms with van der Waals surface area (Å²) in [6, 6.07) is 0. The van der Waals surface area contributed by atoms with Crippen molar-refractivity contribution in [2.75, 3.05) is 13.7 Å². The predicted octanol–water partition coefficient (Wildman–Crippen LogP) is 2.04. The largest absolute Gasteiger partial charge is 0.356 e. The Balaban J connectivity index is 3.39. The van der Waals surface area contributed by atoms with E-state index in [4.69, 9.17) is 9.47 Å². The standard InChI is InChI=1S/C8H18O2/c1-5-10-8(9-4)6-7(2)3/h7-8H,5-6H2,1-4H3. The molecule has 0 aliphatic carbocycles. The lowest BCUT2D eigenvalue weighted by Crippen LogP contribution is -2.17. The van der Waals surface area contributed by atoms with Gasteiger partial charge < -0.3 is 9.47 Å². The first-order valence-electron chi connectivity index (χ1n) is 3.85. The zero-order valence-electron chi connectivity index (χ0n) is 7.39. The van der Waals surface area contributed by atoms with Crippen LogP contribution in [0.1, 0.15) is 27.2 Å². The summed E-state index contributed by atoms with van der Waals surface area (Å²) in [5.41, 5.74) is 0. The van der Waals surface area contributed by atoms with Crippen molar-refractivity contribution in [2.45, 2.75) is 33.5 Å². The Kier molecular flexibility index (Phi) is 5.64. The van der Waals surface area contributed by atoms with Crippen LogP contribution < -0.4 is 0 Å². The van der Waals surface area contributed by atoms with E-state index in [-0.39, 0.29) is 6.29 Å². The molecule has 10 heavy (non-hydrogen) atoms. The Hall–Kier alpha value is -0.0800. The van der Waals surface area contributed by atoms with Gasteiger partial charge in [-0.25, -0.2) is 0 Å². The van der Waals surface area contributed by atoms with Gasteiger partial charge >= 0.3 is 0 Å². The molecule has 0 amide bonds. The molecule has 0 bridgehead atoms. The highest BCUT2D eigenvalue weighted by atomic mass is 16.7. The molecule has 2 nitrogen and oxygen atoms in total. The lowest BCUT2D eigenvalue weighted by atomic mass is 10.1. The minimum Gasteiger partial charge on any atom is -0.356 e. The van der Waals surface area contributed by atoms with Gasteiger partial charge in [0.25, 0.3) is 0 Å². The molecule has 0 spiro atoms. The average Bonchev–Trinajstić information content (AvgIpc) is 1.86. The molecule has 0 aromatic rings. The van der Waals surface area contributed by atoms with Crippen molar-refractivity contribution in [2.24, 2.45) is 5.92 Å². The van der Waals surface area contributed by atoms with E-state index in [9.17, 15) is 0 Å². The number of methoxy groups -OCH3 is 1. The zero-order chi connectivity index (χ0) is 7.98. The molecular formula is C8H18O2. The van der Waals surface area contributed by atoms with E-state index in [0.29, 0.717) is 5.92 Å². The molecule has 0 saturated heterocycles. The summed E-state index contributed by atoms with van der Waals surface area (Å²) in [6.07, 6.45) is 0.967. The van der Waals surface area contributed by atoms with Crippen LogP contribution in [0.4, 0.5) is 0 Å². The third kappa shape index (κ3) is 4.77. The first kappa shape index (κ1) is 9.92. The van der Waals surface area contributed by atoms with Crippen LogP contribution in [0.5, 0.6) is 0 Å². The molecule has 0 N–H and O–H groups in total. The van der Waals surface area contributed by atoms with E-state index in [2.05, 4.69) is 13.8 Å². The van der Waals surface area contributed by atoms with Crippen LogP contribution in [0, 0.1) is 5.92 Å². The van der Waals surface area contributed by atoms with Crippen molar-refractivity contribution < 1.29 is 9.47 Å². The highest BCUT2D eigenvalue weighted by molar-refractivity contribution is 4.48. The van der Waals surface area contributed by atoms with Gasteiger partial charge in [0, 0.05) is 20.1 Å². The molecule has 0 fully saturated rings. The summed E-state index contributed by atoms with van der Waals surface area (Å²) in [5, 5.41) is 0. The molecule has 0 aromatic heterocycles. The van der Waals surface area contributed by atoms with E-state index >= 15 is 0 Å². The molecule has 0 aliphatic rings. The first-order chi connectivity index (χ1) is 4.70. The quantitative estimate of drug-likeness (QED) is 0.552. The lowest BCUT2D eigenvalue weighted by Gasteiger charge is -2.16. The molecule has 0 rings (SSSR count). The van der Waals surface area contributed by atoms with Crippen LogP contribution in [-0.4, -0.2) is 20.0 Å². The maximum atomic E-state index is 5.28. The normalized spacial score (nSPS) is 14.1. The maximum Gasteiger partial charge on any atom is 0.157 e. The molecule has 1 atom stereocenters. The van der Waals surface area contributed by atoms with Crippen molar-refractivity contribution in [3.8, 4) is 0 Å². The molecule has 0 saturated carbocycles. The Morgan fingerprint density at radius 2 is 1.90 bits per heavy atom. The second-order valence-corrected chi connectivity index (χ2v) is 2.75. The fraction of sp³-hybridized carbons (Fsp3) is 1.00. The van der Waals surface area contributed by atoms with Crippen LogP contribution in [-0.2, 0) is 9.47 Å². The first-order valence-corrected chi connectivity index (χ1v) is 3.85. The van der Waals surface area contributed by atoms with E-state index in [1.54, 1.807) is 7.11 Å². The minimum atomic E-state index is -0.00926. The van der Waals surface area contributed by atoms with Crippen molar-refractivity contribution in [1.29, 1.82) is 0 Å². The van der Waals surface area contributed by atoms with Crippen LogP contribution in [0.3, 0.4) is 0 Å². The van der Waals surface area contributed by atoms with Gasteiger partial charge in [0.1, 0.15) is 0 Å². The second-order valence-electron chi connectivity index (χ2n) is 2.75. The van der Waals surface area contributed by atoms with Gasteiger partial charge in [-0.05, 0) is 12.8 Å². The second kappa shape index (κ2) is 5.69. The number of hydrogen-bond donors (Lipinski definition) is 0. The van der Waals surface area contributed by atoms with Crippen LogP contribution in [0.2, 0.25) is 0 Å². The van der Waals surface area contributed by atoms with Gasteiger partial charge in [0.05, 0.1) is 0 Å². The fourth-order valence-corrected chi connectivity index (χ4v) is 0.803. The highest BCUT2D eigenvalue weighted by Crippen LogP contribution is 2.07. The van der Waals surface area contributed by atoms with E-state index in [0.717, 1.165) is 13.0 Å². The average molecular weight is 146 g/mol. The van der Waals surface area contributed by atoms with Gasteiger partial charge in [-0.3, -0.25) is 0 Å².